The maximum atomic E-state index is 6.05. The lowest BCUT2D eigenvalue weighted by Crippen LogP contribution is -1.99. The van der Waals surface area contributed by atoms with E-state index in [4.69, 9.17) is 34.8 Å². The molecule has 1 atom stereocenters. The summed E-state index contributed by atoms with van der Waals surface area (Å²) in [4.78, 5) is 0. The molecule has 0 radical (unpaired) electrons. The normalized spacial score (nSPS) is 12.3. The van der Waals surface area contributed by atoms with Crippen molar-refractivity contribution in [2.24, 2.45) is 0 Å². The molecule has 0 aliphatic rings. The molecule has 3 heteroatoms. The number of allylic oxidation sites excluding steroid dienone is 1. The highest BCUT2D eigenvalue weighted by molar-refractivity contribution is 6.59. The van der Waals surface area contributed by atoms with Gasteiger partial charge in [-0.15, -0.1) is 0 Å². The van der Waals surface area contributed by atoms with Crippen LogP contribution in [-0.4, -0.2) is 0 Å². The van der Waals surface area contributed by atoms with Crippen LogP contribution in [-0.2, 0) is 6.42 Å². The molecule has 1 aromatic rings. The highest BCUT2D eigenvalue weighted by atomic mass is 35.5. The summed E-state index contributed by atoms with van der Waals surface area (Å²) in [6.07, 6.45) is 0.977. The van der Waals surface area contributed by atoms with E-state index in [1.165, 1.54) is 11.1 Å². The molecule has 15 heavy (non-hydrogen) atoms. The van der Waals surface area contributed by atoms with E-state index < -0.39 is 0 Å². The molecule has 0 aliphatic heterocycles. The fourth-order valence-electron chi connectivity index (χ4n) is 1.58. The van der Waals surface area contributed by atoms with E-state index in [2.05, 4.69) is 19.1 Å². The van der Waals surface area contributed by atoms with Gasteiger partial charge in [0.25, 0.3) is 0 Å². The van der Waals surface area contributed by atoms with Crippen LogP contribution in [0.25, 0.3) is 0 Å². The lowest BCUT2D eigenvalue weighted by atomic mass is 9.94. The summed E-state index contributed by atoms with van der Waals surface area (Å²) in [5.41, 5.74) is 2.46. The van der Waals surface area contributed by atoms with E-state index in [1.807, 2.05) is 19.1 Å². The zero-order chi connectivity index (χ0) is 11.4. The highest BCUT2D eigenvalue weighted by Crippen LogP contribution is 2.34. The largest absolute Gasteiger partial charge is 0.121 e. The van der Waals surface area contributed by atoms with Crippen molar-refractivity contribution in [3.63, 3.8) is 0 Å². The van der Waals surface area contributed by atoms with Gasteiger partial charge in [-0.05, 0) is 17.5 Å². The molecule has 0 saturated carbocycles. The van der Waals surface area contributed by atoms with Crippen LogP contribution in [0, 0.1) is 0 Å². The summed E-state index contributed by atoms with van der Waals surface area (Å²) in [5.74, 6) is 0.0489. The average molecular weight is 264 g/mol. The van der Waals surface area contributed by atoms with Crippen molar-refractivity contribution < 1.29 is 0 Å². The van der Waals surface area contributed by atoms with Gasteiger partial charge < -0.3 is 0 Å². The molecule has 82 valence electrons. The van der Waals surface area contributed by atoms with Crippen molar-refractivity contribution in [3.05, 3.63) is 44.9 Å². The van der Waals surface area contributed by atoms with Crippen LogP contribution in [0.5, 0.6) is 0 Å². The lowest BCUT2D eigenvalue weighted by Gasteiger charge is -2.15. The first-order chi connectivity index (χ1) is 7.07. The first-order valence-electron chi connectivity index (χ1n) is 4.86. The van der Waals surface area contributed by atoms with Crippen molar-refractivity contribution in [1.29, 1.82) is 0 Å². The average Bonchev–Trinajstić information content (AvgIpc) is 2.26. The van der Waals surface area contributed by atoms with E-state index >= 15 is 0 Å². The van der Waals surface area contributed by atoms with Gasteiger partial charge >= 0.3 is 0 Å². The molecule has 0 heterocycles. The number of aryl methyl sites for hydroxylation is 1. The fourth-order valence-corrected chi connectivity index (χ4v) is 2.02. The molecule has 0 amide bonds. The van der Waals surface area contributed by atoms with Gasteiger partial charge in [0, 0.05) is 5.92 Å². The minimum absolute atomic E-state index is 0.0489. The Bertz CT molecular complexity index is 365. The van der Waals surface area contributed by atoms with Gasteiger partial charge in [0.1, 0.15) is 4.49 Å². The van der Waals surface area contributed by atoms with Crippen LogP contribution < -0.4 is 0 Å². The summed E-state index contributed by atoms with van der Waals surface area (Å²) >= 11 is 17.4. The standard InChI is InChI=1S/C12H13Cl3/c1-3-9-6-4-5-7-10(9)8(2)11(13)12(14)15/h4-8H,3H2,1-2H3. The number of benzene rings is 1. The van der Waals surface area contributed by atoms with E-state index in [-0.39, 0.29) is 10.4 Å². The quantitative estimate of drug-likeness (QED) is 0.700. The summed E-state index contributed by atoms with van der Waals surface area (Å²) in [6.45, 7) is 4.12. The minimum atomic E-state index is 0.0489. The molecule has 1 aromatic carbocycles. The predicted octanol–water partition coefficient (Wildman–Crippen LogP) is 5.24. The van der Waals surface area contributed by atoms with Crippen LogP contribution in [0.2, 0.25) is 0 Å². The van der Waals surface area contributed by atoms with E-state index in [0.29, 0.717) is 5.03 Å². The number of hydrogen-bond acceptors (Lipinski definition) is 0. The summed E-state index contributed by atoms with van der Waals surface area (Å²) < 4.78 is 0.148. The second-order valence-corrected chi connectivity index (χ2v) is 4.74. The van der Waals surface area contributed by atoms with Crippen molar-refractivity contribution >= 4 is 34.8 Å². The van der Waals surface area contributed by atoms with Gasteiger partial charge in [-0.25, -0.2) is 0 Å². The predicted molar refractivity (Wildman–Crippen MR) is 68.8 cm³/mol. The Hall–Kier alpha value is -0.170. The van der Waals surface area contributed by atoms with Gasteiger partial charge in [-0.3, -0.25) is 0 Å². The van der Waals surface area contributed by atoms with Gasteiger partial charge in [-0.1, -0.05) is 72.9 Å². The topological polar surface area (TPSA) is 0 Å². The molecule has 0 nitrogen and oxygen atoms in total. The second-order valence-electron chi connectivity index (χ2n) is 3.38. The molecule has 0 aliphatic carbocycles. The molecular weight excluding hydrogens is 250 g/mol. The molecule has 0 aromatic heterocycles. The van der Waals surface area contributed by atoms with Gasteiger partial charge in [0.2, 0.25) is 0 Å². The second kappa shape index (κ2) is 5.79. The van der Waals surface area contributed by atoms with Gasteiger partial charge in [-0.2, -0.15) is 0 Å². The monoisotopic (exact) mass is 262 g/mol. The molecule has 1 rings (SSSR count). The summed E-state index contributed by atoms with van der Waals surface area (Å²) in [5, 5.41) is 0.499. The van der Waals surface area contributed by atoms with Gasteiger partial charge in [0.05, 0.1) is 5.03 Å². The molecule has 0 bridgehead atoms. The van der Waals surface area contributed by atoms with E-state index in [9.17, 15) is 0 Å². The van der Waals surface area contributed by atoms with E-state index in [1.54, 1.807) is 0 Å². The molecule has 1 unspecified atom stereocenters. The SMILES string of the molecule is CCc1ccccc1C(C)C(Cl)=C(Cl)Cl. The zero-order valence-electron chi connectivity index (χ0n) is 8.73. The van der Waals surface area contributed by atoms with Crippen molar-refractivity contribution in [2.75, 3.05) is 0 Å². The van der Waals surface area contributed by atoms with Crippen molar-refractivity contribution in [2.45, 2.75) is 26.2 Å². The first-order valence-corrected chi connectivity index (χ1v) is 5.99. The first kappa shape index (κ1) is 12.9. The Morgan fingerprint density at radius 2 is 1.80 bits per heavy atom. The summed E-state index contributed by atoms with van der Waals surface area (Å²) in [6, 6.07) is 8.17. The Morgan fingerprint density at radius 1 is 1.20 bits per heavy atom. The maximum absolute atomic E-state index is 6.05. The molecular formula is C12H13Cl3. The van der Waals surface area contributed by atoms with Crippen LogP contribution >= 0.6 is 34.8 Å². The number of rotatable bonds is 3. The Balaban J connectivity index is 3.11. The lowest BCUT2D eigenvalue weighted by molar-refractivity contribution is 0.913. The molecule has 0 saturated heterocycles. The van der Waals surface area contributed by atoms with E-state index in [0.717, 1.165) is 6.42 Å². The molecule has 0 spiro atoms. The molecule has 0 fully saturated rings. The van der Waals surface area contributed by atoms with Crippen molar-refractivity contribution in [3.8, 4) is 0 Å². The van der Waals surface area contributed by atoms with Crippen LogP contribution in [0.4, 0.5) is 0 Å². The smallest absolute Gasteiger partial charge is 0.0859 e. The Kier molecular flexibility index (Phi) is 4.98. The third-order valence-electron chi connectivity index (χ3n) is 2.46. The Labute approximate surface area is 106 Å². The third kappa shape index (κ3) is 3.14. The fraction of sp³-hybridized carbons (Fsp3) is 0.333. The number of hydrogen-bond donors (Lipinski definition) is 0. The molecule has 0 N–H and O–H groups in total. The Morgan fingerprint density at radius 3 is 2.33 bits per heavy atom. The van der Waals surface area contributed by atoms with Crippen LogP contribution in [0.15, 0.2) is 33.8 Å². The number of halogens is 3. The highest BCUT2D eigenvalue weighted by Gasteiger charge is 2.14. The maximum Gasteiger partial charge on any atom is 0.121 e. The third-order valence-corrected chi connectivity index (χ3v) is 3.58. The van der Waals surface area contributed by atoms with Gasteiger partial charge in [0.15, 0.2) is 0 Å². The zero-order valence-corrected chi connectivity index (χ0v) is 11.0. The summed E-state index contributed by atoms with van der Waals surface area (Å²) in [7, 11) is 0. The van der Waals surface area contributed by atoms with Crippen LogP contribution in [0.3, 0.4) is 0 Å². The minimum Gasteiger partial charge on any atom is -0.0859 e. The van der Waals surface area contributed by atoms with Crippen molar-refractivity contribution in [1.82, 2.24) is 0 Å². The van der Waals surface area contributed by atoms with Crippen LogP contribution in [0.1, 0.15) is 30.9 Å².